The van der Waals surface area contributed by atoms with Gasteiger partial charge < -0.3 is 11.1 Å². The Bertz CT molecular complexity index is 430. The monoisotopic (exact) mass is 267 g/mol. The Morgan fingerprint density at radius 2 is 2.12 bits per heavy atom. The van der Waals surface area contributed by atoms with E-state index in [0.717, 1.165) is 11.3 Å². The number of alkyl halides is 3. The third kappa shape index (κ3) is 4.02. The number of rotatable bonds is 4. The van der Waals surface area contributed by atoms with Crippen molar-refractivity contribution in [2.75, 3.05) is 6.54 Å². The van der Waals surface area contributed by atoms with Gasteiger partial charge >= 0.3 is 12.1 Å². The van der Waals surface area contributed by atoms with Crippen LogP contribution >= 0.6 is 11.3 Å². The smallest absolute Gasteiger partial charge is 0.364 e. The first-order valence-corrected chi connectivity index (χ1v) is 5.28. The van der Waals surface area contributed by atoms with Gasteiger partial charge in [0.15, 0.2) is 5.01 Å². The third-order valence-electron chi connectivity index (χ3n) is 1.69. The van der Waals surface area contributed by atoms with Crippen LogP contribution in [0.1, 0.15) is 15.5 Å². The molecule has 0 atom stereocenters. The van der Waals surface area contributed by atoms with Gasteiger partial charge in [-0.1, -0.05) is 0 Å². The van der Waals surface area contributed by atoms with E-state index in [1.54, 1.807) is 5.32 Å². The summed E-state index contributed by atoms with van der Waals surface area (Å²) in [6.07, 6.45) is -4.79. The highest BCUT2D eigenvalue weighted by molar-refractivity contribution is 7.11. The number of primary amides is 1. The van der Waals surface area contributed by atoms with Crippen molar-refractivity contribution in [2.24, 2.45) is 5.73 Å². The van der Waals surface area contributed by atoms with Crippen molar-refractivity contribution < 1.29 is 22.8 Å². The Morgan fingerprint density at radius 3 is 2.59 bits per heavy atom. The average Bonchev–Trinajstić information content (AvgIpc) is 2.64. The molecular formula is C8H8F3N3O2S. The van der Waals surface area contributed by atoms with Crippen molar-refractivity contribution in [1.82, 2.24) is 10.3 Å². The molecule has 0 fully saturated rings. The summed E-state index contributed by atoms with van der Waals surface area (Å²) in [6, 6.07) is 0. The number of thiazole rings is 1. The van der Waals surface area contributed by atoms with Gasteiger partial charge in [0, 0.05) is 18.3 Å². The predicted molar refractivity (Wildman–Crippen MR) is 53.4 cm³/mol. The molecule has 2 amide bonds. The summed E-state index contributed by atoms with van der Waals surface area (Å²) in [5.41, 5.74) is 5.36. The first-order chi connectivity index (χ1) is 7.80. The highest BCUT2D eigenvalue weighted by Gasteiger charge is 2.38. The van der Waals surface area contributed by atoms with Crippen molar-refractivity contribution in [1.29, 1.82) is 0 Å². The molecule has 0 aliphatic heterocycles. The molecule has 5 nitrogen and oxygen atoms in total. The highest BCUT2D eigenvalue weighted by atomic mass is 32.1. The summed E-state index contributed by atoms with van der Waals surface area (Å²) in [4.78, 5) is 24.9. The van der Waals surface area contributed by atoms with E-state index in [2.05, 4.69) is 4.98 Å². The van der Waals surface area contributed by atoms with E-state index < -0.39 is 18.0 Å². The first-order valence-electron chi connectivity index (χ1n) is 4.40. The molecule has 1 aromatic rings. The second kappa shape index (κ2) is 5.13. The second-order valence-corrected chi connectivity index (χ2v) is 3.87. The standard InChI is InChI=1S/C8H8F3N3O2S/c9-8(10,11)7(16)13-2-1-4-3-17-6(14-4)5(12)15/h3H,1-2H2,(H2,12,15)(H,13,16). The molecule has 17 heavy (non-hydrogen) atoms. The summed E-state index contributed by atoms with van der Waals surface area (Å²) in [7, 11) is 0. The number of hydrogen-bond donors (Lipinski definition) is 2. The lowest BCUT2D eigenvalue weighted by atomic mass is 10.3. The maximum absolute atomic E-state index is 11.8. The number of carbonyl (C=O) groups excluding carboxylic acids is 2. The third-order valence-corrected chi connectivity index (χ3v) is 2.59. The molecule has 0 radical (unpaired) electrons. The van der Waals surface area contributed by atoms with Gasteiger partial charge in [0.25, 0.3) is 5.91 Å². The number of halogens is 3. The van der Waals surface area contributed by atoms with Crippen LogP contribution in [0.3, 0.4) is 0 Å². The van der Waals surface area contributed by atoms with E-state index in [1.165, 1.54) is 5.38 Å². The summed E-state index contributed by atoms with van der Waals surface area (Å²) in [5, 5.41) is 3.28. The van der Waals surface area contributed by atoms with E-state index in [9.17, 15) is 22.8 Å². The van der Waals surface area contributed by atoms with E-state index in [4.69, 9.17) is 5.73 Å². The Hall–Kier alpha value is -1.64. The molecular weight excluding hydrogens is 259 g/mol. The number of nitrogens with zero attached hydrogens (tertiary/aromatic N) is 1. The topological polar surface area (TPSA) is 85.1 Å². The molecule has 0 bridgehead atoms. The van der Waals surface area contributed by atoms with Crippen molar-refractivity contribution in [3.63, 3.8) is 0 Å². The van der Waals surface area contributed by atoms with Crippen molar-refractivity contribution in [2.45, 2.75) is 12.6 Å². The van der Waals surface area contributed by atoms with Gasteiger partial charge in [-0.15, -0.1) is 11.3 Å². The number of nitrogens with one attached hydrogen (secondary N) is 1. The van der Waals surface area contributed by atoms with Gasteiger partial charge in [-0.3, -0.25) is 9.59 Å². The van der Waals surface area contributed by atoms with E-state index >= 15 is 0 Å². The van der Waals surface area contributed by atoms with Crippen LogP contribution in [0.25, 0.3) is 0 Å². The quantitative estimate of drug-likeness (QED) is 0.831. The molecule has 0 saturated heterocycles. The van der Waals surface area contributed by atoms with Crippen LogP contribution in [-0.4, -0.2) is 29.5 Å². The lowest BCUT2D eigenvalue weighted by molar-refractivity contribution is -0.173. The molecule has 3 N–H and O–H groups in total. The zero-order valence-corrected chi connectivity index (χ0v) is 9.19. The summed E-state index contributed by atoms with van der Waals surface area (Å²) < 4.78 is 35.4. The Balaban J connectivity index is 2.41. The first kappa shape index (κ1) is 13.4. The molecule has 0 saturated carbocycles. The molecule has 1 heterocycles. The van der Waals surface area contributed by atoms with Gasteiger partial charge in [0.2, 0.25) is 0 Å². The Kier molecular flexibility index (Phi) is 4.05. The number of aromatic nitrogens is 1. The van der Waals surface area contributed by atoms with Crippen LogP contribution in [0.15, 0.2) is 5.38 Å². The average molecular weight is 267 g/mol. The van der Waals surface area contributed by atoms with Crippen molar-refractivity contribution >= 4 is 23.2 Å². The van der Waals surface area contributed by atoms with Crippen molar-refractivity contribution in [3.8, 4) is 0 Å². The predicted octanol–water partition coefficient (Wildman–Crippen LogP) is 0.463. The van der Waals surface area contributed by atoms with Crippen LogP contribution < -0.4 is 11.1 Å². The molecule has 0 aromatic carbocycles. The molecule has 1 aromatic heterocycles. The molecule has 1 rings (SSSR count). The van der Waals surface area contributed by atoms with Crippen LogP contribution in [0, 0.1) is 0 Å². The maximum atomic E-state index is 11.8. The minimum Gasteiger partial charge on any atom is -0.364 e. The summed E-state index contributed by atoms with van der Waals surface area (Å²) in [5.74, 6) is -2.69. The zero-order chi connectivity index (χ0) is 13.1. The lowest BCUT2D eigenvalue weighted by Gasteiger charge is -2.06. The van der Waals surface area contributed by atoms with E-state index in [0.29, 0.717) is 5.69 Å². The van der Waals surface area contributed by atoms with Crippen LogP contribution in [0.4, 0.5) is 13.2 Å². The van der Waals surface area contributed by atoms with Crippen LogP contribution in [0.2, 0.25) is 0 Å². The summed E-state index contributed by atoms with van der Waals surface area (Å²) in [6.45, 7) is -0.208. The second-order valence-electron chi connectivity index (χ2n) is 3.01. The SMILES string of the molecule is NC(=O)c1nc(CCNC(=O)C(F)(F)F)cs1. The molecule has 0 spiro atoms. The Morgan fingerprint density at radius 1 is 1.47 bits per heavy atom. The Labute approximate surface area is 97.8 Å². The summed E-state index contributed by atoms with van der Waals surface area (Å²) >= 11 is 1.00. The lowest BCUT2D eigenvalue weighted by Crippen LogP contribution is -2.37. The van der Waals surface area contributed by atoms with Crippen molar-refractivity contribution in [3.05, 3.63) is 16.1 Å². The van der Waals surface area contributed by atoms with E-state index in [1.807, 2.05) is 0 Å². The van der Waals surface area contributed by atoms with Gasteiger partial charge in [0.05, 0.1) is 5.69 Å². The fourth-order valence-corrected chi connectivity index (χ4v) is 1.64. The molecule has 0 unspecified atom stereocenters. The van der Waals surface area contributed by atoms with E-state index in [-0.39, 0.29) is 18.0 Å². The maximum Gasteiger partial charge on any atom is 0.471 e. The fourth-order valence-electron chi connectivity index (χ4n) is 0.939. The number of nitrogens with two attached hydrogens (primary N) is 1. The van der Waals surface area contributed by atoms with Gasteiger partial charge in [-0.05, 0) is 0 Å². The molecule has 0 aliphatic rings. The highest BCUT2D eigenvalue weighted by Crippen LogP contribution is 2.14. The number of amides is 2. The van der Waals surface area contributed by atoms with Crippen LogP contribution in [-0.2, 0) is 11.2 Å². The van der Waals surface area contributed by atoms with Gasteiger partial charge in [-0.2, -0.15) is 13.2 Å². The molecule has 94 valence electrons. The zero-order valence-electron chi connectivity index (χ0n) is 8.37. The largest absolute Gasteiger partial charge is 0.471 e. The molecule has 9 heteroatoms. The fraction of sp³-hybridized carbons (Fsp3) is 0.375. The van der Waals surface area contributed by atoms with Gasteiger partial charge in [-0.25, -0.2) is 4.98 Å². The minimum absolute atomic E-state index is 0.0853. The number of hydrogen-bond acceptors (Lipinski definition) is 4. The number of carbonyl (C=O) groups is 2. The normalized spacial score (nSPS) is 11.2. The minimum atomic E-state index is -4.89. The molecule has 0 aliphatic carbocycles. The van der Waals surface area contributed by atoms with Gasteiger partial charge in [0.1, 0.15) is 0 Å². The van der Waals surface area contributed by atoms with Crippen LogP contribution in [0.5, 0.6) is 0 Å².